The largest absolute Gasteiger partial charge is 0.507 e. The molecule has 2 aliphatic rings. The number of hydrogen-bond donors (Lipinski definition) is 8. The minimum Gasteiger partial charge on any atom is -0.507 e. The number of fused-ring (bicyclic) bond motifs is 1. The van der Waals surface area contributed by atoms with E-state index in [1.165, 1.54) is 12.1 Å². The Hall–Kier alpha value is -3.55. The molecule has 1 fully saturated rings. The molecule has 0 aliphatic carbocycles. The van der Waals surface area contributed by atoms with Crippen LogP contribution in [-0.4, -0.2) is 83.9 Å². The van der Waals surface area contributed by atoms with Gasteiger partial charge in [0.1, 0.15) is 47.2 Å². The van der Waals surface area contributed by atoms with Gasteiger partial charge in [-0.15, -0.1) is 0 Å². The molecule has 0 spiro atoms. The minimum absolute atomic E-state index is 0.113. The van der Waals surface area contributed by atoms with Crippen LogP contribution < -0.4 is 9.47 Å². The van der Waals surface area contributed by atoms with Gasteiger partial charge in [-0.25, -0.2) is 0 Å². The summed E-state index contributed by atoms with van der Waals surface area (Å²) in [4.78, 5) is 12.7. The van der Waals surface area contributed by atoms with Gasteiger partial charge in [0, 0.05) is 12.1 Å². The van der Waals surface area contributed by atoms with Crippen LogP contribution in [0.5, 0.6) is 34.5 Å². The van der Waals surface area contributed by atoms with Crippen LogP contribution in [0.3, 0.4) is 0 Å². The van der Waals surface area contributed by atoms with Crippen LogP contribution in [0, 0.1) is 0 Å². The molecule has 2 aromatic rings. The molecule has 2 aromatic carbocycles. The zero-order valence-corrected chi connectivity index (χ0v) is 16.7. The number of hydrogen-bond acceptors (Lipinski definition) is 12. The number of phenols is 4. The number of carbonyl (C=O) groups is 1. The molecule has 0 radical (unpaired) electrons. The van der Waals surface area contributed by atoms with Crippen LogP contribution in [0.25, 0.3) is 6.08 Å². The third-order valence-corrected chi connectivity index (χ3v) is 5.22. The smallest absolute Gasteiger partial charge is 0.235 e. The van der Waals surface area contributed by atoms with E-state index in [2.05, 4.69) is 0 Å². The van der Waals surface area contributed by atoms with Crippen molar-refractivity contribution in [3.8, 4) is 34.5 Å². The summed E-state index contributed by atoms with van der Waals surface area (Å²) in [7, 11) is 0. The van der Waals surface area contributed by atoms with Crippen molar-refractivity contribution in [2.24, 2.45) is 0 Å². The molecule has 0 bridgehead atoms. The van der Waals surface area contributed by atoms with Crippen LogP contribution in [0.2, 0.25) is 0 Å². The van der Waals surface area contributed by atoms with Crippen molar-refractivity contribution in [1.82, 2.24) is 0 Å². The third kappa shape index (κ3) is 4.01. The summed E-state index contributed by atoms with van der Waals surface area (Å²) in [6.07, 6.45) is -6.50. The number of allylic oxidation sites excluding steroid dienone is 1. The normalized spacial score (nSPS) is 27.9. The Kier molecular flexibility index (Phi) is 5.78. The molecule has 1 saturated heterocycles. The van der Waals surface area contributed by atoms with Gasteiger partial charge in [0.2, 0.25) is 12.1 Å². The fourth-order valence-electron chi connectivity index (χ4n) is 3.49. The summed E-state index contributed by atoms with van der Waals surface area (Å²) in [5.74, 6) is -3.72. The Morgan fingerprint density at radius 1 is 0.909 bits per heavy atom. The zero-order chi connectivity index (χ0) is 24.0. The number of benzene rings is 2. The van der Waals surface area contributed by atoms with Crippen molar-refractivity contribution in [1.29, 1.82) is 0 Å². The molecule has 2 heterocycles. The second-order valence-electron chi connectivity index (χ2n) is 7.48. The van der Waals surface area contributed by atoms with Crippen LogP contribution in [0.15, 0.2) is 30.0 Å². The molecule has 12 heteroatoms. The lowest BCUT2D eigenvalue weighted by Crippen LogP contribution is -2.60. The van der Waals surface area contributed by atoms with Gasteiger partial charge in [-0.2, -0.15) is 0 Å². The fraction of sp³-hybridized carbons (Fsp3) is 0.286. The maximum atomic E-state index is 12.7. The topological polar surface area (TPSA) is 207 Å². The summed E-state index contributed by atoms with van der Waals surface area (Å²) >= 11 is 0. The van der Waals surface area contributed by atoms with Gasteiger partial charge >= 0.3 is 0 Å². The Bertz CT molecular complexity index is 1100. The van der Waals surface area contributed by atoms with E-state index < -0.39 is 66.1 Å². The summed E-state index contributed by atoms with van der Waals surface area (Å²) in [5, 5.41) is 78.1. The first-order valence-electron chi connectivity index (χ1n) is 9.64. The number of phenolic OH excluding ortho intramolecular Hbond substituents is 4. The standard InChI is InChI=1S/C21H20O12/c22-6-14-18(28)19(29)20(30)21(33-14)31-8-4-9(23)15-12(5-8)32-13(17(15)27)3-7-1-10(24)16(26)11(25)2-7/h1-5,14,18-26,28-30H,6H2/b13-3+/t14-,18-,19+,20-,21-/m1/s1. The number of carbonyl (C=O) groups excluding carboxylic acids is 1. The first kappa shape index (κ1) is 22.6. The number of aliphatic hydroxyl groups is 4. The first-order chi connectivity index (χ1) is 15.6. The molecule has 2 aliphatic heterocycles. The number of aliphatic hydroxyl groups excluding tert-OH is 4. The monoisotopic (exact) mass is 464 g/mol. The number of aromatic hydroxyl groups is 4. The Morgan fingerprint density at radius 2 is 1.58 bits per heavy atom. The lowest BCUT2D eigenvalue weighted by atomic mass is 9.99. The predicted molar refractivity (Wildman–Crippen MR) is 107 cm³/mol. The highest BCUT2D eigenvalue weighted by molar-refractivity contribution is 6.16. The van der Waals surface area contributed by atoms with Gasteiger partial charge in [-0.05, 0) is 23.8 Å². The molecule has 0 aromatic heterocycles. The van der Waals surface area contributed by atoms with Crippen molar-refractivity contribution < 1.29 is 59.9 Å². The second-order valence-corrected chi connectivity index (χ2v) is 7.48. The molecule has 0 unspecified atom stereocenters. The highest BCUT2D eigenvalue weighted by atomic mass is 16.7. The number of rotatable bonds is 4. The maximum absolute atomic E-state index is 12.7. The van der Waals surface area contributed by atoms with E-state index in [0.717, 1.165) is 18.2 Å². The highest BCUT2D eigenvalue weighted by Gasteiger charge is 2.45. The van der Waals surface area contributed by atoms with E-state index in [9.17, 15) is 45.6 Å². The zero-order valence-electron chi connectivity index (χ0n) is 16.7. The van der Waals surface area contributed by atoms with Gasteiger partial charge in [-0.1, -0.05) is 0 Å². The first-order valence-corrected chi connectivity index (χ1v) is 9.64. The van der Waals surface area contributed by atoms with Crippen LogP contribution in [0.1, 0.15) is 15.9 Å². The fourth-order valence-corrected chi connectivity index (χ4v) is 3.49. The average molecular weight is 464 g/mol. The van der Waals surface area contributed by atoms with Gasteiger partial charge < -0.3 is 55.1 Å². The molecular formula is C21H20O12. The molecule has 0 saturated carbocycles. The Balaban J connectivity index is 1.60. The molecule has 33 heavy (non-hydrogen) atoms. The Morgan fingerprint density at radius 3 is 2.21 bits per heavy atom. The van der Waals surface area contributed by atoms with Crippen molar-refractivity contribution in [2.45, 2.75) is 30.7 Å². The molecule has 4 rings (SSSR count). The quantitative estimate of drug-likeness (QED) is 0.209. The molecular weight excluding hydrogens is 444 g/mol. The van der Waals surface area contributed by atoms with Crippen LogP contribution in [-0.2, 0) is 4.74 Å². The molecule has 0 amide bonds. The predicted octanol–water partition coefficient (Wildman–Crippen LogP) is -0.696. The summed E-state index contributed by atoms with van der Waals surface area (Å²) < 4.78 is 16.1. The SMILES string of the molecule is O=C1/C(=C\c2cc(O)c(O)c(O)c2)Oc2cc(O[C@@H]3O[C@H](CO)[C@@H](O)[C@H](O)[C@H]3O)cc(O)c21. The van der Waals surface area contributed by atoms with Crippen molar-refractivity contribution in [3.05, 3.63) is 41.2 Å². The molecule has 12 nitrogen and oxygen atoms in total. The van der Waals surface area contributed by atoms with Gasteiger partial charge in [0.15, 0.2) is 23.0 Å². The third-order valence-electron chi connectivity index (χ3n) is 5.22. The lowest BCUT2D eigenvalue weighted by Gasteiger charge is -2.39. The van der Waals surface area contributed by atoms with E-state index in [4.69, 9.17) is 14.2 Å². The maximum Gasteiger partial charge on any atom is 0.235 e. The van der Waals surface area contributed by atoms with Crippen LogP contribution in [0.4, 0.5) is 0 Å². The van der Waals surface area contributed by atoms with E-state index in [1.807, 2.05) is 0 Å². The van der Waals surface area contributed by atoms with Gasteiger partial charge in [0.25, 0.3) is 0 Å². The second kappa shape index (κ2) is 8.42. The molecule has 176 valence electrons. The van der Waals surface area contributed by atoms with Crippen molar-refractivity contribution in [2.75, 3.05) is 6.61 Å². The Labute approximate surface area is 185 Å². The van der Waals surface area contributed by atoms with Crippen LogP contribution >= 0.6 is 0 Å². The average Bonchev–Trinajstić information content (AvgIpc) is 3.07. The van der Waals surface area contributed by atoms with E-state index in [0.29, 0.717) is 0 Å². The van der Waals surface area contributed by atoms with Gasteiger partial charge in [0.05, 0.1) is 6.61 Å². The van der Waals surface area contributed by atoms with E-state index >= 15 is 0 Å². The number of ether oxygens (including phenoxy) is 3. The van der Waals surface area contributed by atoms with Gasteiger partial charge in [-0.3, -0.25) is 4.79 Å². The molecule has 5 atom stereocenters. The van der Waals surface area contributed by atoms with Crippen molar-refractivity contribution in [3.63, 3.8) is 0 Å². The lowest BCUT2D eigenvalue weighted by molar-refractivity contribution is -0.277. The summed E-state index contributed by atoms with van der Waals surface area (Å²) in [5.41, 5.74) is -0.0779. The van der Waals surface area contributed by atoms with Crippen molar-refractivity contribution >= 4 is 11.9 Å². The number of Topliss-reactive ketones (excluding diaryl/α,β-unsaturated/α-hetero) is 1. The van der Waals surface area contributed by atoms with E-state index in [1.54, 1.807) is 0 Å². The summed E-state index contributed by atoms with van der Waals surface area (Å²) in [6, 6.07) is 4.41. The van der Waals surface area contributed by atoms with E-state index in [-0.39, 0.29) is 28.4 Å². The molecule has 8 N–H and O–H groups in total. The summed E-state index contributed by atoms with van der Waals surface area (Å²) in [6.45, 7) is -0.658. The minimum atomic E-state index is -1.69. The number of ketones is 1. The highest BCUT2D eigenvalue weighted by Crippen LogP contribution is 2.42.